The maximum Gasteiger partial charge on any atom is 0.193 e. The first-order chi connectivity index (χ1) is 8.60. The van der Waals surface area contributed by atoms with Gasteiger partial charge in [-0.25, -0.2) is 4.98 Å². The maximum atomic E-state index is 5.66. The van der Waals surface area contributed by atoms with Gasteiger partial charge in [-0.05, 0) is 6.54 Å². The van der Waals surface area contributed by atoms with Crippen molar-refractivity contribution >= 4 is 33.5 Å². The summed E-state index contributed by atoms with van der Waals surface area (Å²) in [6.07, 6.45) is 4.12. The Kier molecular flexibility index (Phi) is 4.31. The third-order valence-electron chi connectivity index (χ3n) is 2.99. The molecule has 0 saturated heterocycles. The number of thiocarbonyl (C=S) groups is 1. The van der Waals surface area contributed by atoms with Gasteiger partial charge in [0, 0.05) is 36.8 Å². The zero-order valence-electron chi connectivity index (χ0n) is 10.7. The summed E-state index contributed by atoms with van der Waals surface area (Å²) < 4.78 is 2.06. The van der Waals surface area contributed by atoms with Crippen LogP contribution in [-0.4, -0.2) is 32.4 Å². The molecule has 0 aliphatic heterocycles. The highest BCUT2D eigenvalue weighted by atomic mass is 32.1. The molecule has 0 saturated carbocycles. The Morgan fingerprint density at radius 1 is 1.67 bits per heavy atom. The van der Waals surface area contributed by atoms with E-state index in [0.29, 0.717) is 4.99 Å². The largest absolute Gasteiger partial charge is 0.393 e. The number of hydrogen-bond donors (Lipinski definition) is 1. The lowest BCUT2D eigenvalue weighted by Crippen LogP contribution is -2.33. The minimum atomic E-state index is 0.240. The minimum absolute atomic E-state index is 0.240. The summed E-state index contributed by atoms with van der Waals surface area (Å²) in [5.74, 6) is 0.240. The van der Waals surface area contributed by atoms with Crippen LogP contribution in [0.1, 0.15) is 19.5 Å². The highest BCUT2D eigenvalue weighted by molar-refractivity contribution is 7.80. The maximum absolute atomic E-state index is 5.66. The number of hydrogen-bond acceptors (Lipinski definition) is 4. The van der Waals surface area contributed by atoms with Gasteiger partial charge in [0.05, 0.1) is 10.7 Å². The predicted molar refractivity (Wildman–Crippen MR) is 80.0 cm³/mol. The molecule has 2 aromatic heterocycles. The Morgan fingerprint density at radius 2 is 2.44 bits per heavy atom. The van der Waals surface area contributed by atoms with Gasteiger partial charge in [0.25, 0.3) is 0 Å². The van der Waals surface area contributed by atoms with Gasteiger partial charge < -0.3 is 5.73 Å². The van der Waals surface area contributed by atoms with Crippen LogP contribution in [0.4, 0.5) is 0 Å². The van der Waals surface area contributed by atoms with Crippen molar-refractivity contribution in [3.05, 3.63) is 23.5 Å². The van der Waals surface area contributed by atoms with Crippen LogP contribution in [-0.2, 0) is 6.54 Å². The molecule has 6 heteroatoms. The van der Waals surface area contributed by atoms with Crippen molar-refractivity contribution < 1.29 is 0 Å². The van der Waals surface area contributed by atoms with Gasteiger partial charge in [0.15, 0.2) is 4.96 Å². The quantitative estimate of drug-likeness (QED) is 0.825. The monoisotopic (exact) mass is 282 g/mol. The fourth-order valence-corrected chi connectivity index (χ4v) is 2.66. The number of nitrogens with zero attached hydrogens (tertiary/aromatic N) is 3. The van der Waals surface area contributed by atoms with Crippen LogP contribution in [0.3, 0.4) is 0 Å². The van der Waals surface area contributed by atoms with Crippen molar-refractivity contribution in [2.24, 2.45) is 11.7 Å². The van der Waals surface area contributed by atoms with Crippen LogP contribution >= 0.6 is 23.6 Å². The van der Waals surface area contributed by atoms with E-state index < -0.39 is 0 Å². The van der Waals surface area contributed by atoms with Gasteiger partial charge in [0.1, 0.15) is 0 Å². The summed E-state index contributed by atoms with van der Waals surface area (Å²) in [7, 11) is 0. The van der Waals surface area contributed by atoms with E-state index in [1.165, 1.54) is 0 Å². The summed E-state index contributed by atoms with van der Waals surface area (Å²) >= 11 is 6.68. The third kappa shape index (κ3) is 3.07. The van der Waals surface area contributed by atoms with Crippen molar-refractivity contribution in [1.29, 1.82) is 0 Å². The Labute approximate surface area is 116 Å². The topological polar surface area (TPSA) is 46.6 Å². The number of nitrogens with two attached hydrogens (primary N) is 1. The van der Waals surface area contributed by atoms with Crippen LogP contribution in [0.25, 0.3) is 4.96 Å². The molecule has 2 N–H and O–H groups in total. The smallest absolute Gasteiger partial charge is 0.193 e. The molecule has 0 radical (unpaired) electrons. The van der Waals surface area contributed by atoms with Crippen molar-refractivity contribution in [3.63, 3.8) is 0 Å². The average molecular weight is 282 g/mol. The first kappa shape index (κ1) is 13.5. The first-order valence-electron chi connectivity index (χ1n) is 6.03. The SMILES string of the molecule is CCN(Cc1cn2ccsc2n1)CC(C)C(N)=S. The molecule has 2 rings (SSSR count). The molecule has 0 bridgehead atoms. The molecule has 0 spiro atoms. The van der Waals surface area contributed by atoms with Gasteiger partial charge in [-0.15, -0.1) is 11.3 Å². The lowest BCUT2D eigenvalue weighted by molar-refractivity contribution is 0.261. The fourth-order valence-electron chi connectivity index (χ4n) is 1.86. The van der Waals surface area contributed by atoms with Gasteiger partial charge >= 0.3 is 0 Å². The molecular weight excluding hydrogens is 264 g/mol. The average Bonchev–Trinajstić information content (AvgIpc) is 2.88. The predicted octanol–water partition coefficient (Wildman–Crippen LogP) is 2.14. The number of imidazole rings is 1. The molecule has 98 valence electrons. The molecule has 1 atom stereocenters. The van der Waals surface area contributed by atoms with Crippen molar-refractivity contribution in [3.8, 4) is 0 Å². The van der Waals surface area contributed by atoms with Crippen LogP contribution in [0.15, 0.2) is 17.8 Å². The Hall–Kier alpha value is -0.980. The highest BCUT2D eigenvalue weighted by Gasteiger charge is 2.13. The molecule has 0 fully saturated rings. The fraction of sp³-hybridized carbons (Fsp3) is 0.500. The summed E-state index contributed by atoms with van der Waals surface area (Å²) in [6.45, 7) is 6.91. The van der Waals surface area contributed by atoms with E-state index in [0.717, 1.165) is 30.3 Å². The van der Waals surface area contributed by atoms with Crippen LogP contribution in [0.5, 0.6) is 0 Å². The molecule has 18 heavy (non-hydrogen) atoms. The van der Waals surface area contributed by atoms with E-state index in [1.807, 2.05) is 11.6 Å². The number of rotatable bonds is 6. The van der Waals surface area contributed by atoms with E-state index in [4.69, 9.17) is 18.0 Å². The lowest BCUT2D eigenvalue weighted by Gasteiger charge is -2.22. The lowest BCUT2D eigenvalue weighted by atomic mass is 10.1. The molecule has 1 unspecified atom stereocenters. The zero-order chi connectivity index (χ0) is 13.1. The second-order valence-corrected chi connectivity index (χ2v) is 5.80. The first-order valence-corrected chi connectivity index (χ1v) is 7.31. The Balaban J connectivity index is 2.01. The highest BCUT2D eigenvalue weighted by Crippen LogP contribution is 2.13. The van der Waals surface area contributed by atoms with Crippen LogP contribution < -0.4 is 5.73 Å². The van der Waals surface area contributed by atoms with Gasteiger partial charge in [-0.3, -0.25) is 9.30 Å². The number of aromatic nitrogens is 2. The molecule has 2 aromatic rings. The molecule has 0 aliphatic carbocycles. The molecule has 0 aliphatic rings. The van der Waals surface area contributed by atoms with Crippen molar-refractivity contribution in [1.82, 2.24) is 14.3 Å². The van der Waals surface area contributed by atoms with E-state index in [-0.39, 0.29) is 5.92 Å². The standard InChI is InChI=1S/C12H18N4S2/c1-3-15(6-9(2)11(13)17)7-10-8-16-4-5-18-12(16)14-10/h4-5,8-9H,3,6-7H2,1-2H3,(H2,13,17). The van der Waals surface area contributed by atoms with E-state index in [1.54, 1.807) is 11.3 Å². The zero-order valence-corrected chi connectivity index (χ0v) is 12.3. The van der Waals surface area contributed by atoms with Gasteiger partial charge in [-0.2, -0.15) is 0 Å². The van der Waals surface area contributed by atoms with E-state index in [2.05, 4.69) is 34.3 Å². The molecule has 4 nitrogen and oxygen atoms in total. The molecule has 0 aromatic carbocycles. The Bertz CT molecular complexity index is 502. The molecule has 2 heterocycles. The second kappa shape index (κ2) is 5.77. The second-order valence-electron chi connectivity index (χ2n) is 4.46. The molecule has 0 amide bonds. The summed E-state index contributed by atoms with van der Waals surface area (Å²) in [6, 6.07) is 0. The van der Waals surface area contributed by atoms with Gasteiger partial charge in [0.2, 0.25) is 0 Å². The summed E-state index contributed by atoms with van der Waals surface area (Å²) in [4.78, 5) is 8.53. The van der Waals surface area contributed by atoms with Crippen molar-refractivity contribution in [2.45, 2.75) is 20.4 Å². The van der Waals surface area contributed by atoms with Crippen molar-refractivity contribution in [2.75, 3.05) is 13.1 Å². The van der Waals surface area contributed by atoms with Crippen LogP contribution in [0, 0.1) is 5.92 Å². The van der Waals surface area contributed by atoms with Crippen LogP contribution in [0.2, 0.25) is 0 Å². The summed E-state index contributed by atoms with van der Waals surface area (Å²) in [5, 5.41) is 2.04. The number of thiazole rings is 1. The molecular formula is C12H18N4S2. The van der Waals surface area contributed by atoms with E-state index in [9.17, 15) is 0 Å². The Morgan fingerprint density at radius 3 is 3.06 bits per heavy atom. The third-order valence-corrected chi connectivity index (χ3v) is 4.17. The minimum Gasteiger partial charge on any atom is -0.393 e. The van der Waals surface area contributed by atoms with Gasteiger partial charge in [-0.1, -0.05) is 26.1 Å². The normalized spacial score (nSPS) is 13.3. The van der Waals surface area contributed by atoms with E-state index >= 15 is 0 Å². The summed E-state index contributed by atoms with van der Waals surface area (Å²) in [5.41, 5.74) is 6.76. The number of fused-ring (bicyclic) bond motifs is 1.